The van der Waals surface area contributed by atoms with Gasteiger partial charge >= 0.3 is 36.9 Å². The number of nitrogens with zero attached hydrogens (tertiary/aromatic N) is 10. The quantitative estimate of drug-likeness (QED) is 0.0254. The summed E-state index contributed by atoms with van der Waals surface area (Å²) in [5.74, 6) is -0.730. The van der Waals surface area contributed by atoms with Crippen LogP contribution in [0.3, 0.4) is 0 Å². The van der Waals surface area contributed by atoms with Crippen LogP contribution >= 0.6 is 31.3 Å². The summed E-state index contributed by atoms with van der Waals surface area (Å²) in [5, 5.41) is 43.3. The minimum Gasteiger partial charge on any atom is -0.387 e. The van der Waals surface area contributed by atoms with Crippen molar-refractivity contribution in [3.05, 3.63) is 46.0 Å². The van der Waals surface area contributed by atoms with E-state index in [1.165, 1.54) is 10.9 Å². The highest BCUT2D eigenvalue weighted by molar-refractivity contribution is 7.66. The monoisotopic (exact) mass is 1160 g/mol. The van der Waals surface area contributed by atoms with Crippen molar-refractivity contribution in [3.8, 4) is 0 Å². The summed E-state index contributed by atoms with van der Waals surface area (Å²) in [6.07, 6.45) is -15.7. The number of aliphatic hydroxyl groups excluding tert-OH is 4. The molecule has 0 saturated carbocycles. The number of aryl methyl sites for hydroxylation is 1. The fourth-order valence-electron chi connectivity index (χ4n) is 8.45. The van der Waals surface area contributed by atoms with Crippen LogP contribution in [0, 0.1) is 0 Å². The normalized spacial score (nSPS) is 30.2. The number of methoxy groups -OCH3 is 1. The van der Waals surface area contributed by atoms with Gasteiger partial charge in [0.1, 0.15) is 66.8 Å². The molecule has 3 aliphatic heterocycles. The van der Waals surface area contributed by atoms with E-state index in [-0.39, 0.29) is 57.8 Å². The van der Waals surface area contributed by atoms with Crippen molar-refractivity contribution in [1.29, 1.82) is 0 Å². The van der Waals surface area contributed by atoms with Gasteiger partial charge in [0, 0.05) is 7.11 Å². The Morgan fingerprint density at radius 2 is 1.24 bits per heavy atom. The van der Waals surface area contributed by atoms with Crippen LogP contribution in [0.15, 0.2) is 34.9 Å². The van der Waals surface area contributed by atoms with Gasteiger partial charge in [0.25, 0.3) is 17.1 Å². The molecule has 3 aliphatic rings. The Hall–Kier alpha value is -5.15. The molecule has 6 aromatic rings. The Morgan fingerprint density at radius 1 is 0.671 bits per heavy atom. The summed E-state index contributed by atoms with van der Waals surface area (Å²) in [7, 11) is -22.3. The number of aromatic nitrogens is 12. The summed E-state index contributed by atoms with van der Waals surface area (Å²) in [4.78, 5) is 95.8. The number of aliphatic hydroxyl groups is 4. The number of phosphoric ester groups is 3. The van der Waals surface area contributed by atoms with Crippen molar-refractivity contribution in [2.24, 2.45) is 0 Å². The minimum absolute atomic E-state index is 0.000781. The Kier molecular flexibility index (Phi) is 15.3. The van der Waals surface area contributed by atoms with Gasteiger partial charge in [-0.1, -0.05) is 4.98 Å². The first-order chi connectivity index (χ1) is 35.7. The van der Waals surface area contributed by atoms with Crippen LogP contribution in [0.25, 0.3) is 33.5 Å². The molecule has 39 nitrogen and oxygen atoms in total. The Labute approximate surface area is 421 Å². The molecule has 6 aromatic heterocycles. The number of nitrogen functional groups attached to an aromatic ring is 3. The number of rotatable bonds is 20. The van der Waals surface area contributed by atoms with Gasteiger partial charge in [-0.05, 0) is 6.92 Å². The average Bonchev–Trinajstić information content (AvgIpc) is 4.21. The molecule has 43 heteroatoms. The molecule has 0 bridgehead atoms. The predicted molar refractivity (Wildman–Crippen MR) is 244 cm³/mol. The highest BCUT2D eigenvalue weighted by Crippen LogP contribution is 2.68. The Morgan fingerprint density at radius 3 is 1.89 bits per heavy atom. The largest absolute Gasteiger partial charge is 0.490 e. The second kappa shape index (κ2) is 20.9. The fraction of sp³-hybridized carbons (Fsp3) is 0.545. The van der Waals surface area contributed by atoms with Crippen LogP contribution in [0.2, 0.25) is 0 Å². The number of hydrogen-bond acceptors (Lipinski definition) is 29. The number of imidazole rings is 3. The van der Waals surface area contributed by atoms with Crippen molar-refractivity contribution in [1.82, 2.24) is 53.6 Å². The maximum absolute atomic E-state index is 13.7. The maximum atomic E-state index is 13.7. The standard InChI is InChI=1S/C33H45N15O24P4/c1-3-45-10-48(26-16(45)28(54)44-33(36)42-26)30-20(52)18(50)12(68-30)5-65-74(57,58)71-76(61,62)72-75(59,60)66-6-13-21(63-2)22(31(69-13)46-8-39-14-23(34)37-7-38-24(14)46)70-73(55,56)64-4-11-17(49)19(51)29(67-11)47-9-40-15-25(47)41-32(35)43-27(15)53/h7-13,17-22,29-31,49-52H,3-6H2,1-2H3,(H11-,34,35,36,37,38,41,42,43,44,53,54,55,56,57,58,59,60,61,62)/p+1/t11-,12-,13-,17-,18-,19-,20-,21-,22-,29-,30-,31-/m1/s1. The average molecular weight is 1160 g/mol. The predicted octanol–water partition coefficient (Wildman–Crippen LogP) is -4.23. The number of nitrogens with one attached hydrogen (secondary N) is 2. The molecule has 0 aromatic carbocycles. The lowest BCUT2D eigenvalue weighted by Gasteiger charge is -2.26. The van der Waals surface area contributed by atoms with Crippen LogP contribution in [-0.2, 0) is 70.5 Å². The molecule has 0 spiro atoms. The van der Waals surface area contributed by atoms with E-state index in [1.54, 1.807) is 6.92 Å². The van der Waals surface area contributed by atoms with Gasteiger partial charge in [-0.2, -0.15) is 13.6 Å². The summed E-state index contributed by atoms with van der Waals surface area (Å²) in [6, 6.07) is 0. The summed E-state index contributed by atoms with van der Waals surface area (Å²) < 4.78 is 109. The lowest BCUT2D eigenvalue weighted by molar-refractivity contribution is -0.746. The van der Waals surface area contributed by atoms with E-state index in [9.17, 15) is 67.8 Å². The molecule has 76 heavy (non-hydrogen) atoms. The Balaban J connectivity index is 0.848. The SMILES string of the molecule is CCn1c[n+]([C@@H]2O[C@H](COP(=O)(O)OP(=O)(O)OP(=O)(O)OC[C@H]3O[C@@H](n4cnc5c(N)ncnc54)[C@H](OP(=O)(O)OC[C@H]4O[C@@H](n5cnc6c(=O)[nH]c(N)nc65)[C@H](O)[C@@H]4O)[C@@H]3OC)[C@@H](O)[C@H]2O)c2nc(N)[nH]c(=O)c21. The van der Waals surface area contributed by atoms with Crippen LogP contribution in [-0.4, -0.2) is 175 Å². The third-order valence-corrected chi connectivity index (χ3v) is 17.0. The number of fused-ring (bicyclic) bond motifs is 3. The second-order valence-corrected chi connectivity index (χ2v) is 22.7. The van der Waals surface area contributed by atoms with Crippen molar-refractivity contribution in [2.75, 3.05) is 44.1 Å². The molecule has 16 N–H and O–H groups in total. The van der Waals surface area contributed by atoms with E-state index in [4.69, 9.17) is 54.2 Å². The third kappa shape index (κ3) is 11.0. The summed E-state index contributed by atoms with van der Waals surface area (Å²) in [5.41, 5.74) is 15.5. The number of phosphoric acid groups is 4. The van der Waals surface area contributed by atoms with E-state index in [0.717, 1.165) is 39.8 Å². The number of ether oxygens (including phenoxy) is 4. The molecular formula is C33H46N15O24P4+. The number of nitrogens with two attached hydrogens (primary N) is 3. The van der Waals surface area contributed by atoms with Crippen molar-refractivity contribution < 1.29 is 108 Å². The van der Waals surface area contributed by atoms with Crippen molar-refractivity contribution in [3.63, 3.8) is 0 Å². The maximum Gasteiger partial charge on any atom is 0.490 e. The van der Waals surface area contributed by atoms with Crippen molar-refractivity contribution >= 4 is 82.5 Å². The van der Waals surface area contributed by atoms with Gasteiger partial charge in [-0.15, -0.1) is 0 Å². The van der Waals surface area contributed by atoms with Gasteiger partial charge in [-0.25, -0.2) is 42.8 Å². The van der Waals surface area contributed by atoms with E-state index in [2.05, 4.69) is 48.5 Å². The summed E-state index contributed by atoms with van der Waals surface area (Å²) >= 11 is 0. The van der Waals surface area contributed by atoms with Crippen LogP contribution < -0.4 is 32.9 Å². The number of H-pyrrole nitrogens is 2. The summed E-state index contributed by atoms with van der Waals surface area (Å²) in [6.45, 7) is -1.35. The third-order valence-electron chi connectivity index (χ3n) is 11.8. The molecule has 3 fully saturated rings. The van der Waals surface area contributed by atoms with Crippen LogP contribution in [0.1, 0.15) is 25.6 Å². The lowest BCUT2D eigenvalue weighted by atomic mass is 10.1. The first-order valence-electron chi connectivity index (χ1n) is 21.7. The zero-order chi connectivity index (χ0) is 55.0. The highest BCUT2D eigenvalue weighted by atomic mass is 31.3. The van der Waals surface area contributed by atoms with E-state index in [1.807, 2.05) is 0 Å². The Bertz CT molecular complexity index is 3490. The van der Waals surface area contributed by atoms with Gasteiger partial charge in [0.15, 0.2) is 41.4 Å². The minimum atomic E-state index is -6.17. The highest BCUT2D eigenvalue weighted by Gasteiger charge is 2.54. The zero-order valence-electron chi connectivity index (χ0n) is 38.7. The molecule has 0 aliphatic carbocycles. The lowest BCUT2D eigenvalue weighted by Crippen LogP contribution is -2.46. The van der Waals surface area contributed by atoms with Gasteiger partial charge in [0.2, 0.25) is 17.7 Å². The second-order valence-electron chi connectivity index (χ2n) is 16.6. The van der Waals surface area contributed by atoms with Gasteiger partial charge in [0.05, 0.1) is 39.0 Å². The van der Waals surface area contributed by atoms with Crippen molar-refractivity contribution in [2.45, 2.75) is 87.1 Å². The zero-order valence-corrected chi connectivity index (χ0v) is 42.2. The smallest absolute Gasteiger partial charge is 0.387 e. The molecule has 3 saturated heterocycles. The molecular weight excluding hydrogens is 1110 g/mol. The first-order valence-corrected chi connectivity index (χ1v) is 27.7. The molecule has 0 amide bonds. The molecule has 0 radical (unpaired) electrons. The van der Waals surface area contributed by atoms with Gasteiger partial charge in [-0.3, -0.25) is 51.4 Å². The molecule has 4 unspecified atom stereocenters. The molecule has 416 valence electrons. The van der Waals surface area contributed by atoms with Crippen LogP contribution in [0.4, 0.5) is 17.7 Å². The molecule has 9 heterocycles. The number of anilines is 3. The van der Waals surface area contributed by atoms with E-state index >= 15 is 0 Å². The fourth-order valence-corrected chi connectivity index (χ4v) is 12.9. The topological polar surface area (TPSA) is 562 Å². The van der Waals surface area contributed by atoms with Crippen LogP contribution in [0.5, 0.6) is 0 Å². The first kappa shape index (κ1) is 55.6. The van der Waals surface area contributed by atoms with E-state index in [0.29, 0.717) is 0 Å². The number of hydrogen-bond donors (Lipinski definition) is 13. The number of aromatic amines is 2. The molecule has 16 atom stereocenters. The van der Waals surface area contributed by atoms with E-state index < -0.39 is 136 Å². The molecule has 9 rings (SSSR count). The van der Waals surface area contributed by atoms with Gasteiger partial charge < -0.3 is 76.1 Å².